The van der Waals surface area contributed by atoms with E-state index in [4.69, 9.17) is 4.74 Å². The van der Waals surface area contributed by atoms with E-state index < -0.39 is 9.84 Å². The Balaban J connectivity index is 2.09. The molecule has 1 N–H and O–H groups in total. The highest BCUT2D eigenvalue weighted by molar-refractivity contribution is 9.10. The maximum Gasteiger partial charge on any atom is 0.232 e. The lowest BCUT2D eigenvalue weighted by atomic mass is 10.3. The van der Waals surface area contributed by atoms with Gasteiger partial charge in [0.15, 0.2) is 9.84 Å². The van der Waals surface area contributed by atoms with Crippen molar-refractivity contribution in [3.63, 3.8) is 0 Å². The summed E-state index contributed by atoms with van der Waals surface area (Å²) >= 11 is 3.25. The summed E-state index contributed by atoms with van der Waals surface area (Å²) in [6, 6.07) is -0.120. The SMILES string of the molecule is COc1nc(NC2CCS(=O)(=O)C2)ncc1Br. The lowest BCUT2D eigenvalue weighted by molar-refractivity contribution is 0.394. The van der Waals surface area contributed by atoms with Crippen LogP contribution in [-0.4, -0.2) is 43.0 Å². The molecule has 0 spiro atoms. The van der Waals surface area contributed by atoms with Crippen LogP contribution in [0.5, 0.6) is 5.88 Å². The quantitative estimate of drug-likeness (QED) is 0.888. The number of halogens is 1. The zero-order valence-electron chi connectivity index (χ0n) is 9.18. The number of aromatic nitrogens is 2. The van der Waals surface area contributed by atoms with Crippen molar-refractivity contribution < 1.29 is 13.2 Å². The minimum atomic E-state index is -2.90. The molecule has 17 heavy (non-hydrogen) atoms. The number of nitrogens with one attached hydrogen (secondary N) is 1. The highest BCUT2D eigenvalue weighted by Crippen LogP contribution is 2.23. The molecule has 1 aromatic rings. The third-order valence-electron chi connectivity index (χ3n) is 2.47. The Hall–Kier alpha value is -0.890. The second-order valence-electron chi connectivity index (χ2n) is 3.80. The zero-order valence-corrected chi connectivity index (χ0v) is 11.6. The van der Waals surface area contributed by atoms with Crippen LogP contribution in [0, 0.1) is 0 Å². The van der Waals surface area contributed by atoms with Crippen LogP contribution in [0.1, 0.15) is 6.42 Å². The highest BCUT2D eigenvalue weighted by Gasteiger charge is 2.28. The van der Waals surface area contributed by atoms with Gasteiger partial charge in [0.1, 0.15) is 0 Å². The van der Waals surface area contributed by atoms with E-state index in [9.17, 15) is 8.42 Å². The monoisotopic (exact) mass is 321 g/mol. The summed E-state index contributed by atoms with van der Waals surface area (Å²) in [5.41, 5.74) is 0. The topological polar surface area (TPSA) is 81.2 Å². The van der Waals surface area contributed by atoms with E-state index in [1.807, 2.05) is 0 Å². The zero-order chi connectivity index (χ0) is 12.5. The number of hydrogen-bond acceptors (Lipinski definition) is 6. The van der Waals surface area contributed by atoms with Crippen LogP contribution in [0.2, 0.25) is 0 Å². The Morgan fingerprint density at radius 1 is 1.59 bits per heavy atom. The standard InChI is InChI=1S/C9H12BrN3O3S/c1-16-8-7(10)4-11-9(13-8)12-6-2-3-17(14,15)5-6/h4,6H,2-3,5H2,1H3,(H,11,12,13). The third-order valence-corrected chi connectivity index (χ3v) is 4.78. The van der Waals surface area contributed by atoms with E-state index in [1.54, 1.807) is 6.20 Å². The lowest BCUT2D eigenvalue weighted by Gasteiger charge is -2.11. The summed E-state index contributed by atoms with van der Waals surface area (Å²) in [4.78, 5) is 8.17. The predicted molar refractivity (Wildman–Crippen MR) is 67.0 cm³/mol. The molecular weight excluding hydrogens is 310 g/mol. The molecule has 1 aromatic heterocycles. The van der Waals surface area contributed by atoms with Crippen molar-refractivity contribution in [2.45, 2.75) is 12.5 Å². The molecule has 1 unspecified atom stereocenters. The van der Waals surface area contributed by atoms with Crippen molar-refractivity contribution in [1.29, 1.82) is 0 Å². The van der Waals surface area contributed by atoms with Crippen molar-refractivity contribution in [3.05, 3.63) is 10.7 Å². The van der Waals surface area contributed by atoms with Crippen molar-refractivity contribution in [2.75, 3.05) is 23.9 Å². The molecule has 0 amide bonds. The van der Waals surface area contributed by atoms with Crippen LogP contribution < -0.4 is 10.1 Å². The van der Waals surface area contributed by atoms with Gasteiger partial charge in [-0.3, -0.25) is 0 Å². The Morgan fingerprint density at radius 3 is 2.94 bits per heavy atom. The summed E-state index contributed by atoms with van der Waals surface area (Å²) in [5.74, 6) is 1.16. The molecule has 0 aliphatic carbocycles. The normalized spacial score (nSPS) is 22.4. The smallest absolute Gasteiger partial charge is 0.232 e. The van der Waals surface area contributed by atoms with Gasteiger partial charge in [-0.05, 0) is 22.4 Å². The number of nitrogens with zero attached hydrogens (tertiary/aromatic N) is 2. The van der Waals surface area contributed by atoms with Gasteiger partial charge in [-0.25, -0.2) is 13.4 Å². The average Bonchev–Trinajstić information content (AvgIpc) is 2.61. The molecule has 0 radical (unpaired) electrons. The molecule has 1 aliphatic heterocycles. The minimum absolute atomic E-state index is 0.120. The van der Waals surface area contributed by atoms with E-state index >= 15 is 0 Å². The van der Waals surface area contributed by atoms with Crippen LogP contribution in [0.3, 0.4) is 0 Å². The largest absolute Gasteiger partial charge is 0.480 e. The molecule has 94 valence electrons. The number of anilines is 1. The number of methoxy groups -OCH3 is 1. The third kappa shape index (κ3) is 3.06. The van der Waals surface area contributed by atoms with Gasteiger partial charge in [-0.15, -0.1) is 0 Å². The van der Waals surface area contributed by atoms with Crippen molar-refractivity contribution in [1.82, 2.24) is 9.97 Å². The van der Waals surface area contributed by atoms with E-state index in [1.165, 1.54) is 7.11 Å². The predicted octanol–water partition coefficient (Wildman–Crippen LogP) is 0.847. The maximum atomic E-state index is 11.3. The second kappa shape index (κ2) is 4.77. The van der Waals surface area contributed by atoms with E-state index in [0.717, 1.165) is 0 Å². The fraction of sp³-hybridized carbons (Fsp3) is 0.556. The van der Waals surface area contributed by atoms with E-state index in [0.29, 0.717) is 22.7 Å². The number of sulfone groups is 1. The van der Waals surface area contributed by atoms with Gasteiger partial charge in [-0.2, -0.15) is 4.98 Å². The molecule has 1 aliphatic rings. The fourth-order valence-corrected chi connectivity index (χ4v) is 3.68. The molecule has 2 rings (SSSR count). The molecule has 8 heteroatoms. The number of ether oxygens (including phenoxy) is 1. The van der Waals surface area contributed by atoms with Crippen molar-refractivity contribution in [3.8, 4) is 5.88 Å². The van der Waals surface area contributed by atoms with Gasteiger partial charge in [0, 0.05) is 6.04 Å². The van der Waals surface area contributed by atoms with Crippen LogP contribution in [0.15, 0.2) is 10.7 Å². The Labute approximate surface area is 108 Å². The molecule has 2 heterocycles. The molecule has 1 saturated heterocycles. The first kappa shape index (κ1) is 12.6. The van der Waals surface area contributed by atoms with Gasteiger partial charge in [0.25, 0.3) is 0 Å². The Bertz CT molecular complexity index is 520. The molecule has 1 atom stereocenters. The molecule has 1 fully saturated rings. The second-order valence-corrected chi connectivity index (χ2v) is 6.88. The Morgan fingerprint density at radius 2 is 2.35 bits per heavy atom. The molecule has 0 aromatic carbocycles. The molecule has 0 saturated carbocycles. The molecule has 6 nitrogen and oxygen atoms in total. The average molecular weight is 322 g/mol. The van der Waals surface area contributed by atoms with Gasteiger partial charge in [-0.1, -0.05) is 0 Å². The van der Waals surface area contributed by atoms with Gasteiger partial charge in [0.2, 0.25) is 11.8 Å². The van der Waals surface area contributed by atoms with E-state index in [2.05, 4.69) is 31.2 Å². The van der Waals surface area contributed by atoms with Gasteiger partial charge in [0.05, 0.1) is 29.3 Å². The first-order valence-electron chi connectivity index (χ1n) is 5.03. The van der Waals surface area contributed by atoms with E-state index in [-0.39, 0.29) is 17.5 Å². The summed E-state index contributed by atoms with van der Waals surface area (Å²) < 4.78 is 28.3. The van der Waals surface area contributed by atoms with Gasteiger partial charge >= 0.3 is 0 Å². The van der Waals surface area contributed by atoms with Crippen molar-refractivity contribution >= 4 is 31.7 Å². The highest BCUT2D eigenvalue weighted by atomic mass is 79.9. The summed E-state index contributed by atoms with van der Waals surface area (Å²) in [7, 11) is -1.39. The van der Waals surface area contributed by atoms with Crippen LogP contribution >= 0.6 is 15.9 Å². The van der Waals surface area contributed by atoms with Crippen molar-refractivity contribution in [2.24, 2.45) is 0 Å². The molecule has 0 bridgehead atoms. The van der Waals surface area contributed by atoms with Crippen LogP contribution in [0.4, 0.5) is 5.95 Å². The summed E-state index contributed by atoms with van der Waals surface area (Å²) in [6.45, 7) is 0. The van der Waals surface area contributed by atoms with Crippen LogP contribution in [0.25, 0.3) is 0 Å². The summed E-state index contributed by atoms with van der Waals surface area (Å²) in [5, 5.41) is 3.00. The lowest BCUT2D eigenvalue weighted by Crippen LogP contribution is -2.22. The minimum Gasteiger partial charge on any atom is -0.480 e. The number of rotatable bonds is 3. The summed E-state index contributed by atoms with van der Waals surface area (Å²) in [6.07, 6.45) is 2.15. The maximum absolute atomic E-state index is 11.3. The first-order valence-corrected chi connectivity index (χ1v) is 7.65. The molecular formula is C9H12BrN3O3S. The first-order chi connectivity index (χ1) is 8.00. The van der Waals surface area contributed by atoms with Crippen LogP contribution in [-0.2, 0) is 9.84 Å². The fourth-order valence-electron chi connectivity index (χ4n) is 1.66. The Kier molecular flexibility index (Phi) is 3.53. The number of hydrogen-bond donors (Lipinski definition) is 1. The van der Waals surface area contributed by atoms with Gasteiger partial charge < -0.3 is 10.1 Å².